The van der Waals surface area contributed by atoms with Gasteiger partial charge in [-0.25, -0.2) is 9.37 Å². The second-order valence-electron chi connectivity index (χ2n) is 6.64. The lowest BCUT2D eigenvalue weighted by molar-refractivity contribution is 0.102. The SMILES string of the molecule is CN1C(C)(C)CC(CNc2nc(Cl)ncc2F)C1(C)C. The fourth-order valence-electron chi connectivity index (χ4n) is 3.06. The van der Waals surface area contributed by atoms with Crippen molar-refractivity contribution >= 4 is 17.4 Å². The molecule has 112 valence electrons. The molecule has 0 aliphatic carbocycles. The van der Waals surface area contributed by atoms with Gasteiger partial charge in [0.2, 0.25) is 5.28 Å². The number of rotatable bonds is 3. The topological polar surface area (TPSA) is 41.0 Å². The molecule has 1 aliphatic rings. The predicted octanol–water partition coefficient (Wildman–Crippen LogP) is 3.19. The van der Waals surface area contributed by atoms with Crippen LogP contribution in [0.3, 0.4) is 0 Å². The Morgan fingerprint density at radius 3 is 2.65 bits per heavy atom. The van der Waals surface area contributed by atoms with Crippen molar-refractivity contribution in [3.05, 3.63) is 17.3 Å². The standard InChI is InChI=1S/C14H22ClFN4/c1-13(2)6-9(14(3,4)20(13)5)7-17-11-10(16)8-18-12(15)19-11/h8-9H,6-7H2,1-5H3,(H,17,18,19). The Balaban J connectivity index is 2.10. The molecule has 6 heteroatoms. The van der Waals surface area contributed by atoms with E-state index in [1.165, 1.54) is 0 Å². The number of halogens is 2. The minimum absolute atomic E-state index is 0.0454. The second-order valence-corrected chi connectivity index (χ2v) is 6.98. The Morgan fingerprint density at radius 1 is 1.45 bits per heavy atom. The molecule has 1 aliphatic heterocycles. The molecule has 1 fully saturated rings. The van der Waals surface area contributed by atoms with E-state index in [2.05, 4.69) is 54.9 Å². The third kappa shape index (κ3) is 2.74. The van der Waals surface area contributed by atoms with Crippen molar-refractivity contribution < 1.29 is 4.39 Å². The van der Waals surface area contributed by atoms with Crippen LogP contribution in [0.4, 0.5) is 10.2 Å². The average molecular weight is 301 g/mol. The predicted molar refractivity (Wildman–Crippen MR) is 79.5 cm³/mol. The van der Waals surface area contributed by atoms with Crippen LogP contribution in [0.15, 0.2) is 6.20 Å². The first-order chi connectivity index (χ1) is 9.14. The van der Waals surface area contributed by atoms with E-state index in [1.807, 2.05) is 0 Å². The van der Waals surface area contributed by atoms with Crippen LogP contribution in [-0.2, 0) is 0 Å². The third-order valence-electron chi connectivity index (χ3n) is 4.75. The highest BCUT2D eigenvalue weighted by molar-refractivity contribution is 6.28. The zero-order valence-electron chi connectivity index (χ0n) is 12.7. The van der Waals surface area contributed by atoms with E-state index in [1.54, 1.807) is 0 Å². The number of hydrogen-bond donors (Lipinski definition) is 1. The highest BCUT2D eigenvalue weighted by Crippen LogP contribution is 2.43. The van der Waals surface area contributed by atoms with E-state index in [0.717, 1.165) is 12.6 Å². The summed E-state index contributed by atoms with van der Waals surface area (Å²) in [6, 6.07) is 0. The maximum Gasteiger partial charge on any atom is 0.224 e. The molecule has 4 nitrogen and oxygen atoms in total. The summed E-state index contributed by atoms with van der Waals surface area (Å²) in [5, 5.41) is 3.13. The molecule has 0 bridgehead atoms. The Morgan fingerprint density at radius 2 is 2.10 bits per heavy atom. The minimum atomic E-state index is -0.474. The fraction of sp³-hybridized carbons (Fsp3) is 0.714. The van der Waals surface area contributed by atoms with Crippen LogP contribution in [0.1, 0.15) is 34.1 Å². The smallest absolute Gasteiger partial charge is 0.224 e. The summed E-state index contributed by atoms with van der Waals surface area (Å²) in [5.74, 6) is 0.0987. The summed E-state index contributed by atoms with van der Waals surface area (Å²) in [4.78, 5) is 9.89. The van der Waals surface area contributed by atoms with Gasteiger partial charge in [-0.05, 0) is 58.7 Å². The average Bonchev–Trinajstić information content (AvgIpc) is 2.51. The zero-order valence-corrected chi connectivity index (χ0v) is 13.4. The normalized spacial score (nSPS) is 24.9. The summed E-state index contributed by atoms with van der Waals surface area (Å²) < 4.78 is 13.6. The van der Waals surface area contributed by atoms with Crippen molar-refractivity contribution in [2.24, 2.45) is 5.92 Å². The number of aromatic nitrogens is 2. The van der Waals surface area contributed by atoms with Gasteiger partial charge in [0, 0.05) is 17.6 Å². The first-order valence-electron chi connectivity index (χ1n) is 6.80. The molecule has 0 amide bonds. The van der Waals surface area contributed by atoms with Crippen LogP contribution >= 0.6 is 11.6 Å². The maximum atomic E-state index is 13.6. The lowest BCUT2D eigenvalue weighted by Crippen LogP contribution is -2.47. The molecule has 0 aromatic carbocycles. The summed E-state index contributed by atoms with van der Waals surface area (Å²) >= 11 is 5.70. The summed E-state index contributed by atoms with van der Waals surface area (Å²) in [6.07, 6.45) is 2.14. The lowest BCUT2D eigenvalue weighted by Gasteiger charge is -2.38. The third-order valence-corrected chi connectivity index (χ3v) is 4.93. The largest absolute Gasteiger partial charge is 0.367 e. The highest BCUT2D eigenvalue weighted by Gasteiger charge is 2.48. The molecule has 20 heavy (non-hydrogen) atoms. The molecule has 0 saturated carbocycles. The van der Waals surface area contributed by atoms with Gasteiger partial charge in [0.15, 0.2) is 11.6 Å². The van der Waals surface area contributed by atoms with E-state index < -0.39 is 5.82 Å². The van der Waals surface area contributed by atoms with Gasteiger partial charge in [0.1, 0.15) is 0 Å². The van der Waals surface area contributed by atoms with Crippen LogP contribution in [-0.4, -0.2) is 39.5 Å². The maximum absolute atomic E-state index is 13.6. The molecule has 1 unspecified atom stereocenters. The van der Waals surface area contributed by atoms with E-state index >= 15 is 0 Å². The van der Waals surface area contributed by atoms with Crippen LogP contribution in [0.2, 0.25) is 5.28 Å². The van der Waals surface area contributed by atoms with Gasteiger partial charge in [0.05, 0.1) is 6.20 Å². The number of likely N-dealkylation sites (tertiary alicyclic amines) is 1. The number of hydrogen-bond acceptors (Lipinski definition) is 4. The van der Waals surface area contributed by atoms with Gasteiger partial charge in [-0.1, -0.05) is 0 Å². The zero-order chi connectivity index (χ0) is 15.1. The molecule has 1 atom stereocenters. The molecule has 1 N–H and O–H groups in total. The van der Waals surface area contributed by atoms with Crippen molar-refractivity contribution in [3.63, 3.8) is 0 Å². The van der Waals surface area contributed by atoms with Crippen LogP contribution in [0.25, 0.3) is 0 Å². The van der Waals surface area contributed by atoms with Gasteiger partial charge >= 0.3 is 0 Å². The molecule has 0 radical (unpaired) electrons. The van der Waals surface area contributed by atoms with Crippen molar-refractivity contribution in [1.82, 2.24) is 14.9 Å². The summed E-state index contributed by atoms with van der Waals surface area (Å²) in [7, 11) is 2.14. The van der Waals surface area contributed by atoms with Gasteiger partial charge in [-0.3, -0.25) is 4.90 Å². The quantitative estimate of drug-likeness (QED) is 0.871. The van der Waals surface area contributed by atoms with Crippen molar-refractivity contribution in [2.75, 3.05) is 18.9 Å². The monoisotopic (exact) mass is 300 g/mol. The van der Waals surface area contributed by atoms with Crippen molar-refractivity contribution in [1.29, 1.82) is 0 Å². The molecule has 2 rings (SSSR count). The van der Waals surface area contributed by atoms with Gasteiger partial charge in [0.25, 0.3) is 0 Å². The van der Waals surface area contributed by atoms with Gasteiger partial charge in [-0.15, -0.1) is 0 Å². The Hall–Kier alpha value is -0.940. The molecule has 0 spiro atoms. The number of nitrogens with one attached hydrogen (secondary N) is 1. The van der Waals surface area contributed by atoms with E-state index in [-0.39, 0.29) is 22.2 Å². The van der Waals surface area contributed by atoms with Crippen LogP contribution in [0, 0.1) is 11.7 Å². The van der Waals surface area contributed by atoms with E-state index in [0.29, 0.717) is 12.5 Å². The van der Waals surface area contributed by atoms with E-state index in [9.17, 15) is 4.39 Å². The molecular formula is C14H22ClFN4. The molecule has 1 saturated heterocycles. The molecule has 1 aromatic rings. The number of nitrogens with zero attached hydrogens (tertiary/aromatic N) is 3. The molecule has 2 heterocycles. The first kappa shape index (κ1) is 15.4. The fourth-order valence-corrected chi connectivity index (χ4v) is 3.19. The van der Waals surface area contributed by atoms with Crippen LogP contribution < -0.4 is 5.32 Å². The summed E-state index contributed by atoms with van der Waals surface area (Å²) in [5.41, 5.74) is 0.182. The summed E-state index contributed by atoms with van der Waals surface area (Å²) in [6.45, 7) is 9.56. The minimum Gasteiger partial charge on any atom is -0.367 e. The second kappa shape index (κ2) is 5.11. The number of anilines is 1. The van der Waals surface area contributed by atoms with Gasteiger partial charge in [-0.2, -0.15) is 4.98 Å². The molecular weight excluding hydrogens is 279 g/mol. The Labute approximate surface area is 124 Å². The van der Waals surface area contributed by atoms with E-state index in [4.69, 9.17) is 11.6 Å². The first-order valence-corrected chi connectivity index (χ1v) is 7.18. The Kier molecular flexibility index (Phi) is 3.95. The van der Waals surface area contributed by atoms with Gasteiger partial charge < -0.3 is 5.32 Å². The van der Waals surface area contributed by atoms with Crippen molar-refractivity contribution in [3.8, 4) is 0 Å². The molecule has 1 aromatic heterocycles. The van der Waals surface area contributed by atoms with Crippen molar-refractivity contribution in [2.45, 2.75) is 45.2 Å². The van der Waals surface area contributed by atoms with Crippen LogP contribution in [0.5, 0.6) is 0 Å². The Bertz CT molecular complexity index is 504. The highest BCUT2D eigenvalue weighted by atomic mass is 35.5. The lowest BCUT2D eigenvalue weighted by atomic mass is 9.87.